The van der Waals surface area contributed by atoms with Crippen molar-refractivity contribution in [3.05, 3.63) is 33.6 Å². The van der Waals surface area contributed by atoms with E-state index in [9.17, 15) is 4.39 Å². The van der Waals surface area contributed by atoms with Crippen molar-refractivity contribution in [3.63, 3.8) is 0 Å². The van der Waals surface area contributed by atoms with Gasteiger partial charge < -0.3 is 0 Å². The SMILES string of the molecule is Cc1c(F)cc(Cl)c(C)c1CCC#N. The standard InChI is InChI=1S/C11H11ClFN/c1-7-9(4-3-5-14)8(2)11(13)6-10(7)12/h6H,3-4H2,1-2H3. The average molecular weight is 212 g/mol. The molecule has 0 aliphatic carbocycles. The zero-order valence-electron chi connectivity index (χ0n) is 8.19. The Morgan fingerprint density at radius 2 is 2.07 bits per heavy atom. The Morgan fingerprint density at radius 1 is 1.43 bits per heavy atom. The van der Waals surface area contributed by atoms with Crippen LogP contribution in [0.3, 0.4) is 0 Å². The number of halogens is 2. The minimum atomic E-state index is -0.298. The molecule has 0 saturated heterocycles. The third-order valence-corrected chi connectivity index (χ3v) is 2.75. The molecule has 3 heteroatoms. The van der Waals surface area contributed by atoms with E-state index in [1.807, 2.05) is 13.0 Å². The highest BCUT2D eigenvalue weighted by molar-refractivity contribution is 6.31. The van der Waals surface area contributed by atoms with Gasteiger partial charge in [-0.25, -0.2) is 4.39 Å². The van der Waals surface area contributed by atoms with Crippen molar-refractivity contribution in [2.45, 2.75) is 26.7 Å². The van der Waals surface area contributed by atoms with Crippen LogP contribution in [0.2, 0.25) is 5.02 Å². The van der Waals surface area contributed by atoms with Gasteiger partial charge in [0.15, 0.2) is 0 Å². The lowest BCUT2D eigenvalue weighted by Crippen LogP contribution is -1.97. The van der Waals surface area contributed by atoms with Crippen molar-refractivity contribution < 1.29 is 4.39 Å². The maximum absolute atomic E-state index is 13.3. The predicted octanol–water partition coefficient (Wildman–Crippen LogP) is 3.55. The molecule has 1 nitrogen and oxygen atoms in total. The van der Waals surface area contributed by atoms with Crippen molar-refractivity contribution in [2.75, 3.05) is 0 Å². The Morgan fingerprint density at radius 3 is 2.64 bits per heavy atom. The van der Waals surface area contributed by atoms with Crippen LogP contribution in [-0.2, 0) is 6.42 Å². The summed E-state index contributed by atoms with van der Waals surface area (Å²) in [5.41, 5.74) is 2.33. The quantitative estimate of drug-likeness (QED) is 0.734. The summed E-state index contributed by atoms with van der Waals surface area (Å²) in [5.74, 6) is -0.298. The minimum absolute atomic E-state index is 0.298. The minimum Gasteiger partial charge on any atom is -0.207 e. The summed E-state index contributed by atoms with van der Waals surface area (Å²) in [6.07, 6.45) is 0.951. The van der Waals surface area contributed by atoms with Crippen molar-refractivity contribution >= 4 is 11.6 Å². The topological polar surface area (TPSA) is 23.8 Å². The van der Waals surface area contributed by atoms with Crippen molar-refractivity contribution in [3.8, 4) is 6.07 Å². The summed E-state index contributed by atoms with van der Waals surface area (Å²) >= 11 is 5.85. The molecule has 14 heavy (non-hydrogen) atoms. The number of rotatable bonds is 2. The molecule has 1 aromatic rings. The van der Waals surface area contributed by atoms with E-state index >= 15 is 0 Å². The third-order valence-electron chi connectivity index (χ3n) is 2.36. The number of nitriles is 1. The van der Waals surface area contributed by atoms with Gasteiger partial charge in [0.05, 0.1) is 6.07 Å². The molecule has 1 rings (SSSR count). The molecular weight excluding hydrogens is 201 g/mol. The van der Waals surface area contributed by atoms with E-state index < -0.39 is 0 Å². The molecule has 0 heterocycles. The van der Waals surface area contributed by atoms with Gasteiger partial charge in [0.1, 0.15) is 5.82 Å². The van der Waals surface area contributed by atoms with Crippen LogP contribution in [0.5, 0.6) is 0 Å². The van der Waals surface area contributed by atoms with Gasteiger partial charge in [-0.2, -0.15) is 5.26 Å². The maximum atomic E-state index is 13.3. The second-order valence-corrected chi connectivity index (χ2v) is 3.63. The van der Waals surface area contributed by atoms with Gasteiger partial charge >= 0.3 is 0 Å². The highest BCUT2D eigenvalue weighted by Gasteiger charge is 2.10. The maximum Gasteiger partial charge on any atom is 0.127 e. The fourth-order valence-electron chi connectivity index (χ4n) is 1.45. The third kappa shape index (κ3) is 2.05. The van der Waals surface area contributed by atoms with E-state index in [-0.39, 0.29) is 5.82 Å². The van der Waals surface area contributed by atoms with Crippen LogP contribution in [0, 0.1) is 31.0 Å². The van der Waals surface area contributed by atoms with E-state index in [1.165, 1.54) is 6.07 Å². The Hall–Kier alpha value is -1.07. The Balaban J connectivity index is 3.19. The Labute approximate surface area is 88.1 Å². The van der Waals surface area contributed by atoms with E-state index in [1.54, 1.807) is 6.92 Å². The van der Waals surface area contributed by atoms with Gasteiger partial charge in [-0.3, -0.25) is 0 Å². The van der Waals surface area contributed by atoms with E-state index in [0.717, 1.165) is 11.1 Å². The van der Waals surface area contributed by atoms with Crippen molar-refractivity contribution in [1.29, 1.82) is 5.26 Å². The zero-order valence-corrected chi connectivity index (χ0v) is 8.95. The summed E-state index contributed by atoms with van der Waals surface area (Å²) in [5, 5.41) is 8.90. The van der Waals surface area contributed by atoms with Crippen LogP contribution in [-0.4, -0.2) is 0 Å². The predicted molar refractivity (Wildman–Crippen MR) is 54.8 cm³/mol. The number of hydrogen-bond donors (Lipinski definition) is 0. The van der Waals surface area contributed by atoms with E-state index in [2.05, 4.69) is 0 Å². The molecule has 0 fully saturated rings. The number of hydrogen-bond acceptors (Lipinski definition) is 1. The molecule has 0 radical (unpaired) electrons. The molecule has 0 aromatic heterocycles. The summed E-state index contributed by atoms with van der Waals surface area (Å²) in [7, 11) is 0. The average Bonchev–Trinajstić information content (AvgIpc) is 2.15. The van der Waals surface area contributed by atoms with Crippen LogP contribution in [0.4, 0.5) is 4.39 Å². The molecule has 0 spiro atoms. The first kappa shape index (κ1) is 11.0. The van der Waals surface area contributed by atoms with Crippen LogP contribution in [0.15, 0.2) is 6.07 Å². The molecule has 0 aliphatic rings. The Bertz CT molecular complexity index is 367. The van der Waals surface area contributed by atoms with Crippen molar-refractivity contribution in [1.82, 2.24) is 0 Å². The number of nitrogens with zero attached hydrogens (tertiary/aromatic N) is 1. The molecule has 74 valence electrons. The molecule has 0 unspecified atom stereocenters. The molecule has 1 aromatic carbocycles. The summed E-state index contributed by atoms with van der Waals surface area (Å²) in [6, 6.07) is 3.37. The van der Waals surface area contributed by atoms with Gasteiger partial charge in [-0.1, -0.05) is 11.6 Å². The zero-order chi connectivity index (χ0) is 10.7. The van der Waals surface area contributed by atoms with Gasteiger partial charge in [0, 0.05) is 11.4 Å². The highest BCUT2D eigenvalue weighted by Crippen LogP contribution is 2.26. The monoisotopic (exact) mass is 211 g/mol. The second kappa shape index (κ2) is 4.43. The van der Waals surface area contributed by atoms with Crippen molar-refractivity contribution in [2.24, 2.45) is 0 Å². The van der Waals surface area contributed by atoms with E-state index in [0.29, 0.717) is 23.4 Å². The molecule has 0 atom stereocenters. The molecule has 0 N–H and O–H groups in total. The first-order chi connectivity index (χ1) is 6.57. The van der Waals surface area contributed by atoms with Crippen LogP contribution in [0.1, 0.15) is 23.1 Å². The summed E-state index contributed by atoms with van der Waals surface area (Å²) < 4.78 is 13.3. The lowest BCUT2D eigenvalue weighted by Gasteiger charge is -2.10. The first-order valence-electron chi connectivity index (χ1n) is 4.39. The molecule has 0 bridgehead atoms. The molecule has 0 amide bonds. The lowest BCUT2D eigenvalue weighted by molar-refractivity contribution is 0.614. The van der Waals surface area contributed by atoms with E-state index in [4.69, 9.17) is 16.9 Å². The van der Waals surface area contributed by atoms with Crippen LogP contribution >= 0.6 is 11.6 Å². The summed E-state index contributed by atoms with van der Waals surface area (Å²) in [4.78, 5) is 0. The van der Waals surface area contributed by atoms with Gasteiger partial charge in [0.2, 0.25) is 0 Å². The molecule has 0 aliphatic heterocycles. The van der Waals surface area contributed by atoms with Gasteiger partial charge in [-0.05, 0) is 43.0 Å². The Kier molecular flexibility index (Phi) is 3.49. The molecule has 0 saturated carbocycles. The fraction of sp³-hybridized carbons (Fsp3) is 0.364. The highest BCUT2D eigenvalue weighted by atomic mass is 35.5. The van der Waals surface area contributed by atoms with Gasteiger partial charge in [-0.15, -0.1) is 0 Å². The lowest BCUT2D eigenvalue weighted by atomic mass is 9.98. The normalized spacial score (nSPS) is 9.93. The van der Waals surface area contributed by atoms with Crippen LogP contribution < -0.4 is 0 Å². The van der Waals surface area contributed by atoms with Gasteiger partial charge in [0.25, 0.3) is 0 Å². The smallest absolute Gasteiger partial charge is 0.127 e. The summed E-state index contributed by atoms with van der Waals surface area (Å²) in [6.45, 7) is 3.56. The number of benzene rings is 1. The van der Waals surface area contributed by atoms with Crippen LogP contribution in [0.25, 0.3) is 0 Å². The second-order valence-electron chi connectivity index (χ2n) is 3.23. The first-order valence-corrected chi connectivity index (χ1v) is 4.76. The largest absolute Gasteiger partial charge is 0.207 e. The molecular formula is C11H11ClFN. The fourth-order valence-corrected chi connectivity index (χ4v) is 1.66.